The minimum absolute atomic E-state index is 0.127. The van der Waals surface area contributed by atoms with Crippen LogP contribution >= 0.6 is 0 Å². The smallest absolute Gasteiger partial charge is 0.262 e. The number of hydrogen-bond acceptors (Lipinski definition) is 5. The largest absolute Gasteiger partial charge is 0.486 e. The SMILES string of the molecule is CCC(C)n1ncc(NS(=O)(=O)c2ccc3c(c2)OCCO3)c1C. The number of benzene rings is 1. The molecule has 8 heteroatoms. The Balaban J connectivity index is 1.88. The molecule has 2 aromatic rings. The maximum Gasteiger partial charge on any atom is 0.262 e. The van der Waals surface area contributed by atoms with E-state index in [9.17, 15) is 8.42 Å². The first-order chi connectivity index (χ1) is 11.4. The fraction of sp³-hybridized carbons (Fsp3) is 0.438. The highest BCUT2D eigenvalue weighted by atomic mass is 32.2. The van der Waals surface area contributed by atoms with Gasteiger partial charge >= 0.3 is 0 Å². The molecule has 0 spiro atoms. The average molecular weight is 351 g/mol. The average Bonchev–Trinajstić information content (AvgIpc) is 2.94. The van der Waals surface area contributed by atoms with Gasteiger partial charge in [0.1, 0.15) is 13.2 Å². The summed E-state index contributed by atoms with van der Waals surface area (Å²) in [4.78, 5) is 0.127. The van der Waals surface area contributed by atoms with Crippen molar-refractivity contribution < 1.29 is 17.9 Å². The van der Waals surface area contributed by atoms with Crippen LogP contribution in [0, 0.1) is 6.92 Å². The highest BCUT2D eigenvalue weighted by Gasteiger charge is 2.21. The van der Waals surface area contributed by atoms with Crippen molar-refractivity contribution in [2.24, 2.45) is 0 Å². The van der Waals surface area contributed by atoms with Crippen molar-refractivity contribution in [2.75, 3.05) is 17.9 Å². The number of rotatable bonds is 5. The molecule has 2 heterocycles. The van der Waals surface area contributed by atoms with Crippen molar-refractivity contribution in [3.63, 3.8) is 0 Å². The number of nitrogens with one attached hydrogen (secondary N) is 1. The Morgan fingerprint density at radius 3 is 2.71 bits per heavy atom. The summed E-state index contributed by atoms with van der Waals surface area (Å²) in [6, 6.07) is 4.80. The molecule has 1 aliphatic heterocycles. The van der Waals surface area contributed by atoms with Crippen molar-refractivity contribution in [3.05, 3.63) is 30.1 Å². The molecule has 1 N–H and O–H groups in total. The molecule has 130 valence electrons. The standard InChI is InChI=1S/C16H21N3O4S/c1-4-11(2)19-12(3)14(10-17-19)18-24(20,21)13-5-6-15-16(9-13)23-8-7-22-15/h5-6,9-11,18H,4,7-8H2,1-3H3. The van der Waals surface area contributed by atoms with Crippen molar-refractivity contribution in [3.8, 4) is 11.5 Å². The third-order valence-corrected chi connectivity index (χ3v) is 5.48. The van der Waals surface area contributed by atoms with Gasteiger partial charge in [0.15, 0.2) is 11.5 Å². The van der Waals surface area contributed by atoms with E-state index in [1.54, 1.807) is 6.07 Å². The van der Waals surface area contributed by atoms with Gasteiger partial charge in [0, 0.05) is 12.1 Å². The van der Waals surface area contributed by atoms with Crippen LogP contribution in [0.4, 0.5) is 5.69 Å². The lowest BCUT2D eigenvalue weighted by atomic mass is 10.2. The molecule has 1 aromatic heterocycles. The van der Waals surface area contributed by atoms with E-state index in [0.29, 0.717) is 30.4 Å². The molecule has 0 amide bonds. The van der Waals surface area contributed by atoms with Crippen LogP contribution in [0.25, 0.3) is 0 Å². The fourth-order valence-corrected chi connectivity index (χ4v) is 3.65. The van der Waals surface area contributed by atoms with E-state index in [2.05, 4.69) is 16.7 Å². The summed E-state index contributed by atoms with van der Waals surface area (Å²) in [6.45, 7) is 6.82. The van der Waals surface area contributed by atoms with Crippen molar-refractivity contribution in [1.29, 1.82) is 0 Å². The number of aromatic nitrogens is 2. The number of ether oxygens (including phenoxy) is 2. The number of fused-ring (bicyclic) bond motifs is 1. The number of anilines is 1. The quantitative estimate of drug-likeness (QED) is 0.895. The Labute approximate surface area is 141 Å². The lowest BCUT2D eigenvalue weighted by Gasteiger charge is -2.19. The Morgan fingerprint density at radius 1 is 1.29 bits per heavy atom. The van der Waals surface area contributed by atoms with Crippen LogP contribution in [0.3, 0.4) is 0 Å². The van der Waals surface area contributed by atoms with Gasteiger partial charge in [-0.25, -0.2) is 8.42 Å². The summed E-state index contributed by atoms with van der Waals surface area (Å²) in [5.41, 5.74) is 1.26. The van der Waals surface area contributed by atoms with Gasteiger partial charge in [-0.2, -0.15) is 5.10 Å². The van der Waals surface area contributed by atoms with Crippen molar-refractivity contribution in [1.82, 2.24) is 9.78 Å². The molecule has 1 atom stereocenters. The van der Waals surface area contributed by atoms with Gasteiger partial charge in [-0.15, -0.1) is 0 Å². The Kier molecular flexibility index (Phi) is 4.40. The monoisotopic (exact) mass is 351 g/mol. The molecule has 24 heavy (non-hydrogen) atoms. The van der Waals surface area contributed by atoms with Crippen LogP contribution < -0.4 is 14.2 Å². The molecule has 0 fully saturated rings. The van der Waals surface area contributed by atoms with Crippen LogP contribution in [0.2, 0.25) is 0 Å². The lowest BCUT2D eigenvalue weighted by molar-refractivity contribution is 0.171. The molecule has 1 unspecified atom stereocenters. The molecule has 0 bridgehead atoms. The molecule has 3 rings (SSSR count). The van der Waals surface area contributed by atoms with Gasteiger partial charge in [-0.1, -0.05) is 6.92 Å². The van der Waals surface area contributed by atoms with Gasteiger partial charge in [0.25, 0.3) is 10.0 Å². The molecule has 0 radical (unpaired) electrons. The van der Waals surface area contributed by atoms with Gasteiger partial charge in [-0.3, -0.25) is 9.40 Å². The fourth-order valence-electron chi connectivity index (χ4n) is 2.54. The van der Waals surface area contributed by atoms with E-state index in [-0.39, 0.29) is 10.9 Å². The zero-order valence-corrected chi connectivity index (χ0v) is 14.8. The first kappa shape index (κ1) is 16.6. The van der Waals surface area contributed by atoms with E-state index in [0.717, 1.165) is 12.1 Å². The van der Waals surface area contributed by atoms with Gasteiger partial charge in [0.2, 0.25) is 0 Å². The third kappa shape index (κ3) is 3.06. The summed E-state index contributed by atoms with van der Waals surface area (Å²) in [7, 11) is -3.73. The molecule has 0 saturated heterocycles. The maximum absolute atomic E-state index is 12.6. The zero-order chi connectivity index (χ0) is 17.3. The first-order valence-corrected chi connectivity index (χ1v) is 9.37. The zero-order valence-electron chi connectivity index (χ0n) is 13.9. The predicted molar refractivity (Wildman–Crippen MR) is 90.2 cm³/mol. The normalized spacial score (nSPS) is 15.1. The summed E-state index contributed by atoms with van der Waals surface area (Å²) in [6.07, 6.45) is 2.45. The Hall–Kier alpha value is -2.22. The number of hydrogen-bond donors (Lipinski definition) is 1. The van der Waals surface area contributed by atoms with Crippen LogP contribution in [-0.2, 0) is 10.0 Å². The topological polar surface area (TPSA) is 82.5 Å². The van der Waals surface area contributed by atoms with Gasteiger partial charge in [-0.05, 0) is 32.4 Å². The van der Waals surface area contributed by atoms with Crippen molar-refractivity contribution in [2.45, 2.75) is 38.1 Å². The number of nitrogens with zero attached hydrogens (tertiary/aromatic N) is 2. The van der Waals surface area contributed by atoms with Crippen LogP contribution in [0.15, 0.2) is 29.3 Å². The highest BCUT2D eigenvalue weighted by molar-refractivity contribution is 7.92. The highest BCUT2D eigenvalue weighted by Crippen LogP contribution is 2.33. The Morgan fingerprint density at radius 2 is 2.00 bits per heavy atom. The molecule has 1 aromatic carbocycles. The molecule has 0 saturated carbocycles. The van der Waals surface area contributed by atoms with E-state index < -0.39 is 10.0 Å². The summed E-state index contributed by atoms with van der Waals surface area (Å²) in [5.74, 6) is 0.997. The second kappa shape index (κ2) is 6.35. The van der Waals surface area contributed by atoms with Crippen LogP contribution in [0.5, 0.6) is 11.5 Å². The minimum atomic E-state index is -3.73. The van der Waals surface area contributed by atoms with E-state index in [4.69, 9.17) is 9.47 Å². The van der Waals surface area contributed by atoms with Gasteiger partial charge in [0.05, 0.1) is 22.5 Å². The second-order valence-electron chi connectivity index (χ2n) is 5.76. The molecule has 1 aliphatic rings. The molecule has 0 aliphatic carbocycles. The molecule has 7 nitrogen and oxygen atoms in total. The van der Waals surface area contributed by atoms with E-state index >= 15 is 0 Å². The lowest BCUT2D eigenvalue weighted by Crippen LogP contribution is -2.17. The van der Waals surface area contributed by atoms with Crippen molar-refractivity contribution >= 4 is 15.7 Å². The Bertz CT molecular complexity index is 845. The second-order valence-corrected chi connectivity index (χ2v) is 7.44. The van der Waals surface area contributed by atoms with Crippen LogP contribution in [0.1, 0.15) is 32.0 Å². The summed E-state index contributed by atoms with van der Waals surface area (Å²) in [5, 5.41) is 4.28. The van der Waals surface area contributed by atoms with E-state index in [1.807, 2.05) is 18.5 Å². The molecular weight excluding hydrogens is 330 g/mol. The van der Waals surface area contributed by atoms with Crippen LogP contribution in [-0.4, -0.2) is 31.4 Å². The minimum Gasteiger partial charge on any atom is -0.486 e. The predicted octanol–water partition coefficient (Wildman–Crippen LogP) is 2.73. The number of sulfonamides is 1. The first-order valence-electron chi connectivity index (χ1n) is 7.89. The maximum atomic E-state index is 12.6. The van der Waals surface area contributed by atoms with E-state index in [1.165, 1.54) is 18.3 Å². The third-order valence-electron chi connectivity index (χ3n) is 4.12. The van der Waals surface area contributed by atoms with Gasteiger partial charge < -0.3 is 9.47 Å². The molecular formula is C16H21N3O4S. The summed E-state index contributed by atoms with van der Waals surface area (Å²) >= 11 is 0. The summed E-state index contributed by atoms with van der Waals surface area (Å²) < 4.78 is 40.6.